The van der Waals surface area contributed by atoms with Gasteiger partial charge in [0.1, 0.15) is 0 Å². The number of aliphatic hydroxyl groups excluding tert-OH is 1. The van der Waals surface area contributed by atoms with Gasteiger partial charge in [0.25, 0.3) is 0 Å². The number of hydrogen-bond donors (Lipinski definition) is 1. The normalized spacial score (nSPS) is 28.6. The van der Waals surface area contributed by atoms with Gasteiger partial charge in [0.15, 0.2) is 0 Å². The van der Waals surface area contributed by atoms with Gasteiger partial charge >= 0.3 is 0 Å². The highest BCUT2D eigenvalue weighted by Gasteiger charge is 2.49. The number of nitrogens with zero attached hydrogens (tertiary/aromatic N) is 2. The quantitative estimate of drug-likeness (QED) is 0.666. The Hall–Kier alpha value is -1.68. The first-order chi connectivity index (χ1) is 14.6. The highest BCUT2D eigenvalue weighted by atomic mass is 16.3. The van der Waals surface area contributed by atoms with Crippen molar-refractivity contribution in [3.63, 3.8) is 0 Å². The number of rotatable bonds is 7. The van der Waals surface area contributed by atoms with Crippen LogP contribution in [0.3, 0.4) is 0 Å². The predicted octanol–water partition coefficient (Wildman–Crippen LogP) is 4.68. The second-order valence-corrected chi connectivity index (χ2v) is 9.51. The van der Waals surface area contributed by atoms with Crippen molar-refractivity contribution in [1.29, 1.82) is 0 Å². The molecular weight excluding hydrogens is 368 g/mol. The lowest BCUT2D eigenvalue weighted by Gasteiger charge is -2.57. The molecule has 3 heteroatoms. The van der Waals surface area contributed by atoms with Gasteiger partial charge in [0, 0.05) is 31.1 Å². The minimum atomic E-state index is 0.223. The highest BCUT2D eigenvalue weighted by Crippen LogP contribution is 2.40. The van der Waals surface area contributed by atoms with Crippen LogP contribution in [0.2, 0.25) is 0 Å². The SMILES string of the molecule is C=C(/C=C\C(=C/C)c1cccc(C)c1)[C@@H]1[C@@H](CO)N2CCCCN(CC3CC3)C[C@@H]12. The molecule has 0 aromatic heterocycles. The zero-order chi connectivity index (χ0) is 21.1. The summed E-state index contributed by atoms with van der Waals surface area (Å²) >= 11 is 0. The first-order valence-electron chi connectivity index (χ1n) is 11.8. The Balaban J connectivity index is 1.47. The molecule has 162 valence electrons. The fourth-order valence-corrected chi connectivity index (χ4v) is 5.38. The molecule has 0 unspecified atom stereocenters. The molecule has 1 aliphatic carbocycles. The molecule has 3 fully saturated rings. The number of benzene rings is 1. The predicted molar refractivity (Wildman–Crippen MR) is 126 cm³/mol. The molecule has 0 radical (unpaired) electrons. The van der Waals surface area contributed by atoms with Crippen LogP contribution in [0.1, 0.15) is 43.7 Å². The third kappa shape index (κ3) is 4.80. The molecule has 3 atom stereocenters. The van der Waals surface area contributed by atoms with Gasteiger partial charge in [-0.1, -0.05) is 54.6 Å². The van der Waals surface area contributed by atoms with E-state index in [0.29, 0.717) is 12.0 Å². The summed E-state index contributed by atoms with van der Waals surface area (Å²) in [4.78, 5) is 5.25. The van der Waals surface area contributed by atoms with E-state index in [0.717, 1.165) is 24.6 Å². The van der Waals surface area contributed by atoms with Crippen molar-refractivity contribution < 1.29 is 5.11 Å². The Morgan fingerprint density at radius 1 is 1.20 bits per heavy atom. The highest BCUT2D eigenvalue weighted by molar-refractivity contribution is 5.74. The van der Waals surface area contributed by atoms with Gasteiger partial charge in [-0.15, -0.1) is 0 Å². The molecule has 4 rings (SSSR count). The fraction of sp³-hybridized carbons (Fsp3) is 0.556. The van der Waals surface area contributed by atoms with Crippen LogP contribution < -0.4 is 0 Å². The lowest BCUT2D eigenvalue weighted by atomic mass is 9.74. The minimum Gasteiger partial charge on any atom is -0.395 e. The van der Waals surface area contributed by atoms with Gasteiger partial charge in [-0.05, 0) is 75.2 Å². The van der Waals surface area contributed by atoms with Crippen LogP contribution in [0, 0.1) is 18.8 Å². The van der Waals surface area contributed by atoms with Crippen molar-refractivity contribution in [2.45, 2.75) is 51.6 Å². The Labute approximate surface area is 182 Å². The largest absolute Gasteiger partial charge is 0.395 e. The summed E-state index contributed by atoms with van der Waals surface area (Å²) < 4.78 is 0. The molecule has 3 aliphatic rings. The standard InChI is InChI=1S/C27H38N2O/c1-4-23(24-9-7-8-20(2)16-24)13-10-21(3)27-25-18-28(17-22-11-12-22)14-5-6-15-29(25)26(27)19-30/h4,7-10,13,16,22,25-27,30H,3,5-6,11-12,14-15,17-19H2,1-2H3/b13-10-,23-4+/t25-,26+,27-/m0/s1. The smallest absolute Gasteiger partial charge is 0.0593 e. The summed E-state index contributed by atoms with van der Waals surface area (Å²) in [7, 11) is 0. The van der Waals surface area contributed by atoms with Gasteiger partial charge in [0.05, 0.1) is 6.61 Å². The Morgan fingerprint density at radius 2 is 2.00 bits per heavy atom. The first-order valence-corrected chi connectivity index (χ1v) is 11.8. The lowest BCUT2D eigenvalue weighted by Crippen LogP contribution is -2.69. The summed E-state index contributed by atoms with van der Waals surface area (Å²) in [6.45, 7) is 13.7. The number of allylic oxidation sites excluding steroid dienone is 4. The molecule has 2 saturated heterocycles. The van der Waals surface area contributed by atoms with Crippen LogP contribution >= 0.6 is 0 Å². The Bertz CT molecular complexity index is 807. The van der Waals surface area contributed by atoms with Gasteiger partial charge in [-0.2, -0.15) is 0 Å². The maximum atomic E-state index is 10.1. The maximum Gasteiger partial charge on any atom is 0.0593 e. The molecule has 2 aliphatic heterocycles. The average molecular weight is 407 g/mol. The number of aliphatic hydroxyl groups is 1. The molecular formula is C27H38N2O. The van der Waals surface area contributed by atoms with Crippen LogP contribution in [0.5, 0.6) is 0 Å². The molecule has 3 nitrogen and oxygen atoms in total. The molecule has 1 N–H and O–H groups in total. The van der Waals surface area contributed by atoms with E-state index in [1.165, 1.54) is 55.5 Å². The van der Waals surface area contributed by atoms with E-state index in [1.807, 2.05) is 0 Å². The van der Waals surface area contributed by atoms with Crippen molar-refractivity contribution >= 4 is 5.57 Å². The van der Waals surface area contributed by atoms with Crippen LogP contribution in [-0.4, -0.2) is 59.8 Å². The van der Waals surface area contributed by atoms with Gasteiger partial charge in [-0.3, -0.25) is 4.90 Å². The van der Waals surface area contributed by atoms with Crippen molar-refractivity contribution in [3.05, 3.63) is 65.8 Å². The summed E-state index contributed by atoms with van der Waals surface area (Å²) in [6.07, 6.45) is 11.9. The topological polar surface area (TPSA) is 26.7 Å². The van der Waals surface area contributed by atoms with Crippen LogP contribution in [0.4, 0.5) is 0 Å². The first kappa shape index (κ1) is 21.5. The van der Waals surface area contributed by atoms with Crippen LogP contribution in [0.25, 0.3) is 5.57 Å². The summed E-state index contributed by atoms with van der Waals surface area (Å²) in [5.74, 6) is 1.28. The second kappa shape index (κ2) is 9.64. The molecule has 1 aromatic carbocycles. The fourth-order valence-electron chi connectivity index (χ4n) is 5.38. The third-order valence-corrected chi connectivity index (χ3v) is 7.23. The van der Waals surface area contributed by atoms with Gasteiger partial charge in [-0.25, -0.2) is 0 Å². The van der Waals surface area contributed by atoms with Crippen molar-refractivity contribution in [3.8, 4) is 0 Å². The number of aryl methyl sites for hydroxylation is 1. The average Bonchev–Trinajstić information content (AvgIpc) is 3.53. The molecule has 1 aromatic rings. The van der Waals surface area contributed by atoms with E-state index in [2.05, 4.69) is 72.7 Å². The Kier molecular flexibility index (Phi) is 6.92. The molecule has 0 spiro atoms. The second-order valence-electron chi connectivity index (χ2n) is 9.51. The lowest BCUT2D eigenvalue weighted by molar-refractivity contribution is -0.0822. The molecule has 30 heavy (non-hydrogen) atoms. The summed E-state index contributed by atoms with van der Waals surface area (Å²) in [5.41, 5.74) is 4.91. The molecule has 1 saturated carbocycles. The zero-order valence-electron chi connectivity index (χ0n) is 18.8. The Morgan fingerprint density at radius 3 is 2.70 bits per heavy atom. The number of fused-ring (bicyclic) bond motifs is 1. The van der Waals surface area contributed by atoms with E-state index in [1.54, 1.807) is 0 Å². The van der Waals surface area contributed by atoms with Crippen molar-refractivity contribution in [1.82, 2.24) is 9.80 Å². The minimum absolute atomic E-state index is 0.223. The zero-order valence-corrected chi connectivity index (χ0v) is 18.8. The molecule has 0 bridgehead atoms. The van der Waals surface area contributed by atoms with Gasteiger partial charge in [0.2, 0.25) is 0 Å². The van der Waals surface area contributed by atoms with Crippen molar-refractivity contribution in [2.75, 3.05) is 32.8 Å². The van der Waals surface area contributed by atoms with Gasteiger partial charge < -0.3 is 10.0 Å². The van der Waals surface area contributed by atoms with Crippen LogP contribution in [-0.2, 0) is 0 Å². The van der Waals surface area contributed by atoms with E-state index in [-0.39, 0.29) is 12.6 Å². The molecule has 0 amide bonds. The maximum absolute atomic E-state index is 10.1. The van der Waals surface area contributed by atoms with E-state index in [9.17, 15) is 5.11 Å². The van der Waals surface area contributed by atoms with E-state index < -0.39 is 0 Å². The monoisotopic (exact) mass is 406 g/mol. The van der Waals surface area contributed by atoms with Crippen LogP contribution in [0.15, 0.2) is 54.6 Å². The third-order valence-electron chi connectivity index (χ3n) is 7.23. The van der Waals surface area contributed by atoms with E-state index >= 15 is 0 Å². The summed E-state index contributed by atoms with van der Waals surface area (Å²) in [6, 6.07) is 9.37. The molecule has 2 heterocycles. The van der Waals surface area contributed by atoms with Crippen molar-refractivity contribution in [2.24, 2.45) is 11.8 Å². The van der Waals surface area contributed by atoms with E-state index in [4.69, 9.17) is 0 Å². The number of hydrogen-bond acceptors (Lipinski definition) is 3. The summed E-state index contributed by atoms with van der Waals surface area (Å²) in [5, 5.41) is 10.1.